The molecule has 9 heteroatoms. The lowest BCUT2D eigenvalue weighted by Crippen LogP contribution is -2.24. The Bertz CT molecular complexity index is 752. The van der Waals surface area contributed by atoms with E-state index in [0.717, 1.165) is 0 Å². The van der Waals surface area contributed by atoms with Gasteiger partial charge in [-0.05, 0) is 24.3 Å². The van der Waals surface area contributed by atoms with Crippen LogP contribution in [0.15, 0.2) is 35.4 Å². The van der Waals surface area contributed by atoms with E-state index in [1.54, 1.807) is 18.2 Å². The number of carbonyl (C=O) groups is 1. The Kier molecular flexibility index (Phi) is 7.02. The molecule has 0 aromatic heterocycles. The van der Waals surface area contributed by atoms with Crippen LogP contribution in [0.4, 0.5) is 0 Å². The molecule has 1 N–H and O–H groups in total. The van der Waals surface area contributed by atoms with Gasteiger partial charge in [0.15, 0.2) is 12.4 Å². The zero-order valence-corrected chi connectivity index (χ0v) is 15.6. The van der Waals surface area contributed by atoms with Crippen LogP contribution in [0.2, 0.25) is 25.1 Å². The van der Waals surface area contributed by atoms with Crippen LogP contribution in [-0.4, -0.2) is 18.7 Å². The van der Waals surface area contributed by atoms with Gasteiger partial charge in [-0.1, -0.05) is 64.1 Å². The van der Waals surface area contributed by atoms with Gasteiger partial charge in [0.2, 0.25) is 0 Å². The van der Waals surface area contributed by atoms with Gasteiger partial charge in [-0.15, -0.1) is 0 Å². The van der Waals surface area contributed by atoms with E-state index in [1.807, 2.05) is 0 Å². The number of amides is 1. The Morgan fingerprint density at radius 3 is 2.21 bits per heavy atom. The number of carbonyl (C=O) groups excluding carboxylic acids is 1. The number of ether oxygens (including phenoxy) is 1. The van der Waals surface area contributed by atoms with Crippen molar-refractivity contribution in [3.05, 3.63) is 61.0 Å². The quantitative estimate of drug-likeness (QED) is 0.508. The topological polar surface area (TPSA) is 50.7 Å². The van der Waals surface area contributed by atoms with Crippen LogP contribution in [0.1, 0.15) is 5.56 Å². The molecule has 24 heavy (non-hydrogen) atoms. The maximum absolute atomic E-state index is 11.7. The first-order valence-electron chi connectivity index (χ1n) is 6.41. The van der Waals surface area contributed by atoms with Crippen molar-refractivity contribution in [1.29, 1.82) is 0 Å². The number of rotatable bonds is 5. The minimum Gasteiger partial charge on any atom is -0.481 e. The average molecular weight is 427 g/mol. The monoisotopic (exact) mass is 424 g/mol. The van der Waals surface area contributed by atoms with Gasteiger partial charge < -0.3 is 4.74 Å². The zero-order valence-electron chi connectivity index (χ0n) is 11.8. The Balaban J connectivity index is 1.94. The maximum Gasteiger partial charge on any atom is 0.277 e. The molecule has 0 aliphatic rings. The number of benzene rings is 2. The highest BCUT2D eigenvalue weighted by Crippen LogP contribution is 2.35. The SMILES string of the molecule is O=C(COc1c(Cl)cc(Cl)cc1Cl)N/N=C\c1c(Cl)cccc1Cl. The number of hydrogen-bond acceptors (Lipinski definition) is 3. The maximum atomic E-state index is 11.7. The molecule has 0 atom stereocenters. The summed E-state index contributed by atoms with van der Waals surface area (Å²) in [6, 6.07) is 7.93. The molecule has 0 spiro atoms. The van der Waals surface area contributed by atoms with Crippen LogP contribution in [0.3, 0.4) is 0 Å². The van der Waals surface area contributed by atoms with Gasteiger partial charge >= 0.3 is 0 Å². The molecule has 0 bridgehead atoms. The van der Waals surface area contributed by atoms with E-state index in [1.165, 1.54) is 18.3 Å². The lowest BCUT2D eigenvalue weighted by molar-refractivity contribution is -0.123. The van der Waals surface area contributed by atoms with Gasteiger partial charge in [0.1, 0.15) is 0 Å². The number of hydrazone groups is 1. The predicted octanol–water partition coefficient (Wildman–Crippen LogP) is 5.48. The highest BCUT2D eigenvalue weighted by Gasteiger charge is 2.11. The number of halogens is 5. The van der Waals surface area contributed by atoms with Crippen molar-refractivity contribution in [1.82, 2.24) is 5.43 Å². The standard InChI is InChI=1S/C15H9Cl5N2O2/c16-8-4-12(19)15(13(20)5-8)24-7-14(23)22-21-6-9-10(17)2-1-3-11(9)18/h1-6H,7H2,(H,22,23)/b21-6-. The fraction of sp³-hybridized carbons (Fsp3) is 0.0667. The molecular weight excluding hydrogens is 417 g/mol. The summed E-state index contributed by atoms with van der Waals surface area (Å²) in [5, 5.41) is 5.37. The van der Waals surface area contributed by atoms with Crippen molar-refractivity contribution in [3.8, 4) is 5.75 Å². The van der Waals surface area contributed by atoms with Crippen LogP contribution in [0.5, 0.6) is 5.75 Å². The van der Waals surface area contributed by atoms with Crippen LogP contribution < -0.4 is 10.2 Å². The summed E-state index contributed by atoms with van der Waals surface area (Å²) in [5.74, 6) is -0.354. The van der Waals surface area contributed by atoms with Crippen molar-refractivity contribution in [2.45, 2.75) is 0 Å². The van der Waals surface area contributed by atoms with Crippen LogP contribution in [-0.2, 0) is 4.79 Å². The molecule has 0 saturated carbocycles. The summed E-state index contributed by atoms with van der Waals surface area (Å²) < 4.78 is 5.27. The molecule has 0 aliphatic heterocycles. The summed E-state index contributed by atoms with van der Waals surface area (Å²) in [7, 11) is 0. The molecule has 0 aliphatic carbocycles. The molecule has 0 radical (unpaired) electrons. The third kappa shape index (κ3) is 5.16. The molecule has 0 heterocycles. The minimum absolute atomic E-state index is 0.163. The van der Waals surface area contributed by atoms with Crippen molar-refractivity contribution in [3.63, 3.8) is 0 Å². The van der Waals surface area contributed by atoms with Crippen LogP contribution >= 0.6 is 58.0 Å². The molecule has 2 rings (SSSR count). The molecule has 0 unspecified atom stereocenters. The largest absolute Gasteiger partial charge is 0.481 e. The first kappa shape index (κ1) is 19.2. The number of nitrogens with zero attached hydrogens (tertiary/aromatic N) is 1. The molecule has 4 nitrogen and oxygen atoms in total. The molecule has 1 amide bonds. The van der Waals surface area contributed by atoms with E-state index < -0.39 is 5.91 Å². The van der Waals surface area contributed by atoms with Gasteiger partial charge in [0, 0.05) is 10.6 Å². The minimum atomic E-state index is -0.517. The Hall–Kier alpha value is -1.17. The Labute approximate surface area is 163 Å². The fourth-order valence-corrected chi connectivity index (χ4v) is 3.06. The highest BCUT2D eigenvalue weighted by atomic mass is 35.5. The van der Waals surface area contributed by atoms with Crippen molar-refractivity contribution < 1.29 is 9.53 Å². The molecule has 126 valence electrons. The summed E-state index contributed by atoms with van der Waals surface area (Å²) in [4.78, 5) is 11.7. The second-order valence-corrected chi connectivity index (χ2v) is 6.48. The van der Waals surface area contributed by atoms with Crippen molar-refractivity contribution in [2.24, 2.45) is 5.10 Å². The second kappa shape index (κ2) is 8.79. The third-order valence-electron chi connectivity index (χ3n) is 2.69. The summed E-state index contributed by atoms with van der Waals surface area (Å²) in [6.07, 6.45) is 1.34. The van der Waals surface area contributed by atoms with Gasteiger partial charge in [0.05, 0.1) is 26.3 Å². The van der Waals surface area contributed by atoms with Gasteiger partial charge in [0.25, 0.3) is 5.91 Å². The van der Waals surface area contributed by atoms with E-state index in [4.69, 9.17) is 62.7 Å². The van der Waals surface area contributed by atoms with E-state index in [2.05, 4.69) is 10.5 Å². The predicted molar refractivity (Wildman–Crippen MR) is 99.2 cm³/mol. The molecule has 0 saturated heterocycles. The van der Waals surface area contributed by atoms with E-state index >= 15 is 0 Å². The summed E-state index contributed by atoms with van der Waals surface area (Å²) >= 11 is 29.7. The number of nitrogens with one attached hydrogen (secondary N) is 1. The zero-order chi connectivity index (χ0) is 17.7. The van der Waals surface area contributed by atoms with Crippen molar-refractivity contribution in [2.75, 3.05) is 6.61 Å². The Morgan fingerprint density at radius 1 is 1.04 bits per heavy atom. The van der Waals surface area contributed by atoms with Gasteiger partial charge in [-0.2, -0.15) is 5.10 Å². The van der Waals surface area contributed by atoms with Crippen LogP contribution in [0.25, 0.3) is 0 Å². The smallest absolute Gasteiger partial charge is 0.277 e. The van der Waals surface area contributed by atoms with Gasteiger partial charge in [-0.3, -0.25) is 4.79 Å². The average Bonchev–Trinajstić information content (AvgIpc) is 2.49. The molecule has 2 aromatic rings. The summed E-state index contributed by atoms with van der Waals surface area (Å²) in [6.45, 7) is -0.339. The third-order valence-corrected chi connectivity index (χ3v) is 4.13. The first-order chi connectivity index (χ1) is 11.4. The van der Waals surface area contributed by atoms with Crippen molar-refractivity contribution >= 4 is 70.1 Å². The highest BCUT2D eigenvalue weighted by molar-refractivity contribution is 6.40. The molecule has 2 aromatic carbocycles. The molecular formula is C15H9Cl5N2O2. The van der Waals surface area contributed by atoms with E-state index in [9.17, 15) is 4.79 Å². The molecule has 0 fully saturated rings. The normalized spacial score (nSPS) is 10.9. The lowest BCUT2D eigenvalue weighted by Gasteiger charge is -2.09. The fourth-order valence-electron chi connectivity index (χ4n) is 1.64. The summed E-state index contributed by atoms with van der Waals surface area (Å²) in [5.41, 5.74) is 2.77. The Morgan fingerprint density at radius 2 is 1.62 bits per heavy atom. The van der Waals surface area contributed by atoms with Gasteiger partial charge in [-0.25, -0.2) is 5.43 Å². The number of hydrogen-bond donors (Lipinski definition) is 1. The van der Waals surface area contributed by atoms with Crippen LogP contribution in [0, 0.1) is 0 Å². The van der Waals surface area contributed by atoms with E-state index in [0.29, 0.717) is 20.6 Å². The van der Waals surface area contributed by atoms with E-state index in [-0.39, 0.29) is 22.4 Å². The lowest BCUT2D eigenvalue weighted by atomic mass is 10.2. The first-order valence-corrected chi connectivity index (χ1v) is 8.30. The second-order valence-electron chi connectivity index (χ2n) is 4.42.